The van der Waals surface area contributed by atoms with Gasteiger partial charge in [-0.3, -0.25) is 4.79 Å². The molecule has 1 rings (SSSR count). The van der Waals surface area contributed by atoms with Crippen molar-refractivity contribution < 1.29 is 19.0 Å². The summed E-state index contributed by atoms with van der Waals surface area (Å²) >= 11 is 6.24. The molecule has 0 heterocycles. The fourth-order valence-corrected chi connectivity index (χ4v) is 2.30. The summed E-state index contributed by atoms with van der Waals surface area (Å²) in [5.74, 6) is 0.371. The van der Waals surface area contributed by atoms with Crippen LogP contribution in [0.4, 0.5) is 5.69 Å². The molecule has 0 aliphatic carbocycles. The normalized spacial score (nSPS) is 14.8. The Balaban J connectivity index is 2.78. The van der Waals surface area contributed by atoms with E-state index in [9.17, 15) is 4.79 Å². The molecule has 5 nitrogen and oxygen atoms in total. The van der Waals surface area contributed by atoms with Crippen LogP contribution in [0.1, 0.15) is 40.5 Å². The number of hydrogen-bond donors (Lipinski definition) is 1. The number of methoxy groups -OCH3 is 1. The topological polar surface area (TPSA) is 56.8 Å². The Morgan fingerprint density at radius 1 is 1.38 bits per heavy atom. The first kappa shape index (κ1) is 20.7. The first-order chi connectivity index (χ1) is 11.4. The summed E-state index contributed by atoms with van der Waals surface area (Å²) in [6.45, 7) is 8.64. The first-order valence-electron chi connectivity index (χ1n) is 8.26. The molecule has 0 unspecified atom stereocenters. The van der Waals surface area contributed by atoms with E-state index < -0.39 is 5.60 Å². The van der Waals surface area contributed by atoms with Gasteiger partial charge in [0, 0.05) is 19.4 Å². The smallest absolute Gasteiger partial charge is 0.256 e. The lowest BCUT2D eigenvalue weighted by Gasteiger charge is -2.27. The zero-order chi connectivity index (χ0) is 18.2. The monoisotopic (exact) mass is 357 g/mol. The van der Waals surface area contributed by atoms with Crippen molar-refractivity contribution in [2.75, 3.05) is 25.6 Å². The van der Waals surface area contributed by atoms with Crippen molar-refractivity contribution in [1.29, 1.82) is 0 Å². The molecule has 0 aliphatic rings. The van der Waals surface area contributed by atoms with E-state index in [1.807, 2.05) is 20.8 Å². The maximum Gasteiger partial charge on any atom is 0.256 e. The van der Waals surface area contributed by atoms with Crippen molar-refractivity contribution in [3.8, 4) is 5.75 Å². The van der Waals surface area contributed by atoms with E-state index in [1.54, 1.807) is 32.2 Å². The average molecular weight is 358 g/mol. The van der Waals surface area contributed by atoms with Gasteiger partial charge in [0.05, 0.1) is 11.6 Å². The van der Waals surface area contributed by atoms with Crippen molar-refractivity contribution in [1.82, 2.24) is 0 Å². The predicted molar refractivity (Wildman–Crippen MR) is 97.0 cm³/mol. The van der Waals surface area contributed by atoms with Crippen molar-refractivity contribution >= 4 is 23.2 Å². The molecule has 1 aromatic carbocycles. The summed E-state index contributed by atoms with van der Waals surface area (Å²) in [5.41, 5.74) is -0.249. The van der Waals surface area contributed by atoms with Gasteiger partial charge in [-0.2, -0.15) is 0 Å². The molecule has 0 aliphatic heterocycles. The highest BCUT2D eigenvalue weighted by Crippen LogP contribution is 2.29. The van der Waals surface area contributed by atoms with Crippen molar-refractivity contribution in [2.24, 2.45) is 0 Å². The van der Waals surface area contributed by atoms with E-state index in [0.29, 0.717) is 36.1 Å². The number of ether oxygens (including phenoxy) is 3. The maximum atomic E-state index is 12.5. The SMILES string of the molecule is CCCO[C@@](C)(CC)C(=O)Nc1ccc(O[C@@H](C)COC)c(Cl)c1. The van der Waals surface area contributed by atoms with Crippen LogP contribution in [0.3, 0.4) is 0 Å². The van der Waals surface area contributed by atoms with Crippen molar-refractivity contribution in [3.05, 3.63) is 23.2 Å². The molecule has 0 saturated carbocycles. The van der Waals surface area contributed by atoms with Crippen LogP contribution in [0.15, 0.2) is 18.2 Å². The predicted octanol–water partition coefficient (Wildman–Crippen LogP) is 4.29. The molecule has 0 saturated heterocycles. The number of benzene rings is 1. The second-order valence-corrected chi connectivity index (χ2v) is 6.32. The van der Waals surface area contributed by atoms with Gasteiger partial charge in [-0.15, -0.1) is 0 Å². The number of carbonyl (C=O) groups is 1. The van der Waals surface area contributed by atoms with Gasteiger partial charge in [-0.05, 0) is 44.9 Å². The van der Waals surface area contributed by atoms with Crippen molar-refractivity contribution in [3.63, 3.8) is 0 Å². The summed E-state index contributed by atoms with van der Waals surface area (Å²) < 4.78 is 16.4. The third-order valence-corrected chi connectivity index (χ3v) is 3.99. The van der Waals surface area contributed by atoms with E-state index in [1.165, 1.54) is 0 Å². The highest BCUT2D eigenvalue weighted by atomic mass is 35.5. The zero-order valence-electron chi connectivity index (χ0n) is 15.1. The molecule has 2 atom stereocenters. The Morgan fingerprint density at radius 2 is 2.08 bits per heavy atom. The fourth-order valence-electron chi connectivity index (χ4n) is 2.08. The van der Waals surface area contributed by atoms with E-state index in [2.05, 4.69) is 5.32 Å². The molecular formula is C18H28ClNO4. The highest BCUT2D eigenvalue weighted by molar-refractivity contribution is 6.32. The summed E-state index contributed by atoms with van der Waals surface area (Å²) in [4.78, 5) is 12.5. The van der Waals surface area contributed by atoms with Crippen molar-refractivity contribution in [2.45, 2.75) is 52.2 Å². The molecule has 1 amide bonds. The lowest BCUT2D eigenvalue weighted by molar-refractivity contribution is -0.139. The third-order valence-electron chi connectivity index (χ3n) is 3.70. The van der Waals surface area contributed by atoms with Gasteiger partial charge in [0.2, 0.25) is 0 Å². The van der Waals surface area contributed by atoms with Crippen LogP contribution >= 0.6 is 11.6 Å². The van der Waals surface area contributed by atoms with Gasteiger partial charge >= 0.3 is 0 Å². The number of halogens is 1. The lowest BCUT2D eigenvalue weighted by Crippen LogP contribution is -2.42. The van der Waals surface area contributed by atoms with Crippen LogP contribution < -0.4 is 10.1 Å². The highest BCUT2D eigenvalue weighted by Gasteiger charge is 2.32. The number of nitrogens with one attached hydrogen (secondary N) is 1. The Labute approximate surface area is 149 Å². The number of carbonyl (C=O) groups excluding carboxylic acids is 1. The zero-order valence-corrected chi connectivity index (χ0v) is 15.9. The number of amides is 1. The number of anilines is 1. The van der Waals surface area contributed by atoms with Crippen LogP contribution in [0.2, 0.25) is 5.02 Å². The first-order valence-corrected chi connectivity index (χ1v) is 8.64. The lowest BCUT2D eigenvalue weighted by atomic mass is 10.0. The molecule has 1 N–H and O–H groups in total. The Morgan fingerprint density at radius 3 is 2.62 bits per heavy atom. The molecule has 0 radical (unpaired) electrons. The van der Waals surface area contributed by atoms with Crippen LogP contribution in [-0.2, 0) is 14.3 Å². The Hall–Kier alpha value is -1.30. The second kappa shape index (κ2) is 9.87. The summed E-state index contributed by atoms with van der Waals surface area (Å²) in [6, 6.07) is 5.17. The van der Waals surface area contributed by atoms with Gasteiger partial charge in [0.1, 0.15) is 17.5 Å². The van der Waals surface area contributed by atoms with Gasteiger partial charge in [0.25, 0.3) is 5.91 Å². The van der Waals surface area contributed by atoms with E-state index in [4.69, 9.17) is 25.8 Å². The van der Waals surface area contributed by atoms with E-state index >= 15 is 0 Å². The molecule has 0 aromatic heterocycles. The minimum atomic E-state index is -0.857. The van der Waals surface area contributed by atoms with E-state index in [0.717, 1.165) is 6.42 Å². The second-order valence-electron chi connectivity index (χ2n) is 5.92. The largest absolute Gasteiger partial charge is 0.487 e. The average Bonchev–Trinajstić information content (AvgIpc) is 2.55. The fraction of sp³-hybridized carbons (Fsp3) is 0.611. The molecule has 0 spiro atoms. The minimum absolute atomic E-state index is 0.112. The van der Waals surface area contributed by atoms with Gasteiger partial charge < -0.3 is 19.5 Å². The maximum absolute atomic E-state index is 12.5. The summed E-state index contributed by atoms with van der Waals surface area (Å²) in [6.07, 6.45) is 1.33. The standard InChI is InChI=1S/C18H28ClNO4/c1-6-10-23-18(4,7-2)17(21)20-14-8-9-16(15(19)11-14)24-13(3)12-22-5/h8-9,11,13H,6-7,10,12H2,1-5H3,(H,20,21)/t13-,18-/m0/s1. The molecule has 136 valence electrons. The van der Waals surface area contributed by atoms with E-state index in [-0.39, 0.29) is 12.0 Å². The van der Waals surface area contributed by atoms with Gasteiger partial charge in [-0.25, -0.2) is 0 Å². The van der Waals surface area contributed by atoms with Crippen LogP contribution in [0.5, 0.6) is 5.75 Å². The minimum Gasteiger partial charge on any atom is -0.487 e. The molecule has 1 aromatic rings. The molecule has 0 bridgehead atoms. The van der Waals surface area contributed by atoms with Gasteiger partial charge in [-0.1, -0.05) is 25.4 Å². The van der Waals surface area contributed by atoms with Crippen LogP contribution in [0, 0.1) is 0 Å². The Kier molecular flexibility index (Phi) is 8.53. The Bertz CT molecular complexity index is 538. The third kappa shape index (κ3) is 5.96. The number of hydrogen-bond acceptors (Lipinski definition) is 4. The molecular weight excluding hydrogens is 330 g/mol. The van der Waals surface area contributed by atoms with Crippen LogP contribution in [0.25, 0.3) is 0 Å². The van der Waals surface area contributed by atoms with Crippen LogP contribution in [-0.4, -0.2) is 37.9 Å². The summed E-state index contributed by atoms with van der Waals surface area (Å²) in [5, 5.41) is 3.29. The molecule has 0 fully saturated rings. The molecule has 6 heteroatoms. The summed E-state index contributed by atoms with van der Waals surface area (Å²) in [7, 11) is 1.62. The quantitative estimate of drug-likeness (QED) is 0.678. The number of rotatable bonds is 10. The van der Waals surface area contributed by atoms with Gasteiger partial charge in [0.15, 0.2) is 0 Å². The molecule has 24 heavy (non-hydrogen) atoms.